The molecular formula is C15H17NO2. The van der Waals surface area contributed by atoms with Crippen LogP contribution in [0.3, 0.4) is 0 Å². The lowest BCUT2D eigenvalue weighted by Gasteiger charge is -2.10. The van der Waals surface area contributed by atoms with E-state index in [1.807, 2.05) is 19.1 Å². The molecule has 0 saturated heterocycles. The number of Topliss-reactive ketones (excluding diaryl/α,β-unsaturated/α-hetero) is 1. The Kier molecular flexibility index (Phi) is 3.32. The van der Waals surface area contributed by atoms with Crippen LogP contribution in [0.4, 0.5) is 0 Å². The third-order valence-electron chi connectivity index (χ3n) is 3.15. The summed E-state index contributed by atoms with van der Waals surface area (Å²) in [7, 11) is 1.62. The van der Waals surface area contributed by atoms with Crippen LogP contribution in [0.15, 0.2) is 18.2 Å². The molecule has 0 atom stereocenters. The van der Waals surface area contributed by atoms with E-state index >= 15 is 0 Å². The summed E-state index contributed by atoms with van der Waals surface area (Å²) >= 11 is 0. The molecule has 1 aromatic carbocycles. The van der Waals surface area contributed by atoms with Crippen molar-refractivity contribution in [2.24, 2.45) is 0 Å². The molecule has 2 rings (SSSR count). The topological polar surface area (TPSA) is 39.2 Å². The lowest BCUT2D eigenvalue weighted by atomic mass is 10.0. The average molecular weight is 243 g/mol. The maximum atomic E-state index is 11.5. The maximum absolute atomic E-state index is 11.5. The highest BCUT2D eigenvalue weighted by atomic mass is 16.5. The number of fused-ring (bicyclic) bond motifs is 1. The number of benzene rings is 1. The molecule has 0 radical (unpaired) electrons. The number of ketones is 1. The lowest BCUT2D eigenvalue weighted by molar-refractivity contribution is 0.101. The van der Waals surface area contributed by atoms with Gasteiger partial charge in [0.25, 0.3) is 0 Å². The fraction of sp³-hybridized carbons (Fsp3) is 0.333. The van der Waals surface area contributed by atoms with Gasteiger partial charge in [0.05, 0.1) is 12.6 Å². The van der Waals surface area contributed by atoms with Gasteiger partial charge in [0, 0.05) is 16.5 Å². The molecule has 3 heteroatoms. The Balaban J connectivity index is 2.73. The number of nitrogens with zero attached hydrogens (tertiary/aromatic N) is 1. The van der Waals surface area contributed by atoms with Crippen molar-refractivity contribution in [2.75, 3.05) is 7.11 Å². The van der Waals surface area contributed by atoms with Gasteiger partial charge in [-0.25, -0.2) is 4.98 Å². The van der Waals surface area contributed by atoms with Crippen molar-refractivity contribution < 1.29 is 9.53 Å². The van der Waals surface area contributed by atoms with Gasteiger partial charge in [-0.05, 0) is 44.0 Å². The number of hydrogen-bond donors (Lipinski definition) is 0. The first-order valence-electron chi connectivity index (χ1n) is 6.06. The number of pyridine rings is 1. The first-order valence-corrected chi connectivity index (χ1v) is 6.06. The number of carbonyl (C=O) groups is 1. The summed E-state index contributed by atoms with van der Waals surface area (Å²) in [6.45, 7) is 5.60. The minimum atomic E-state index is 0.0646. The van der Waals surface area contributed by atoms with Gasteiger partial charge >= 0.3 is 0 Å². The highest BCUT2D eigenvalue weighted by Gasteiger charge is 2.10. The van der Waals surface area contributed by atoms with E-state index in [4.69, 9.17) is 4.74 Å². The number of rotatable bonds is 3. The van der Waals surface area contributed by atoms with Crippen LogP contribution in [-0.2, 0) is 6.42 Å². The zero-order valence-corrected chi connectivity index (χ0v) is 11.2. The van der Waals surface area contributed by atoms with Gasteiger partial charge in [-0.3, -0.25) is 4.79 Å². The van der Waals surface area contributed by atoms with Crippen molar-refractivity contribution in [3.8, 4) is 5.88 Å². The smallest absolute Gasteiger partial charge is 0.216 e. The largest absolute Gasteiger partial charge is 0.481 e. The highest BCUT2D eigenvalue weighted by molar-refractivity contribution is 5.99. The quantitative estimate of drug-likeness (QED) is 0.776. The number of methoxy groups -OCH3 is 1. The van der Waals surface area contributed by atoms with Gasteiger partial charge in [-0.1, -0.05) is 6.92 Å². The molecular weight excluding hydrogens is 226 g/mol. The van der Waals surface area contributed by atoms with Crippen molar-refractivity contribution in [2.45, 2.75) is 27.2 Å². The molecule has 1 aromatic heterocycles. The monoisotopic (exact) mass is 243 g/mol. The SMILES string of the molecule is CCc1cc2cc(C)c(C(C)=O)cc2nc1OC. The fourth-order valence-electron chi connectivity index (χ4n) is 2.17. The van der Waals surface area contributed by atoms with Crippen LogP contribution < -0.4 is 4.74 Å². The minimum Gasteiger partial charge on any atom is -0.481 e. The predicted molar refractivity (Wildman–Crippen MR) is 72.4 cm³/mol. The first kappa shape index (κ1) is 12.6. The number of hydrogen-bond acceptors (Lipinski definition) is 3. The normalized spacial score (nSPS) is 10.7. The third-order valence-corrected chi connectivity index (χ3v) is 3.15. The van der Waals surface area contributed by atoms with E-state index in [9.17, 15) is 4.79 Å². The van der Waals surface area contributed by atoms with Gasteiger partial charge in [0.15, 0.2) is 5.78 Å². The van der Waals surface area contributed by atoms with Crippen molar-refractivity contribution in [1.29, 1.82) is 0 Å². The van der Waals surface area contributed by atoms with Crippen molar-refractivity contribution in [3.05, 3.63) is 34.9 Å². The number of aromatic nitrogens is 1. The van der Waals surface area contributed by atoms with Crippen molar-refractivity contribution in [1.82, 2.24) is 4.98 Å². The second-order valence-electron chi connectivity index (χ2n) is 4.43. The van der Waals surface area contributed by atoms with Gasteiger partial charge in [0.2, 0.25) is 5.88 Å². The van der Waals surface area contributed by atoms with E-state index in [1.54, 1.807) is 14.0 Å². The molecule has 18 heavy (non-hydrogen) atoms. The molecule has 94 valence electrons. The van der Waals surface area contributed by atoms with Crippen LogP contribution in [0.5, 0.6) is 5.88 Å². The van der Waals surface area contributed by atoms with Crippen LogP contribution in [0.2, 0.25) is 0 Å². The Morgan fingerprint density at radius 2 is 2.06 bits per heavy atom. The minimum absolute atomic E-state index is 0.0646. The summed E-state index contributed by atoms with van der Waals surface area (Å²) in [5, 5.41) is 1.05. The Hall–Kier alpha value is -1.90. The Labute approximate surface area is 107 Å². The van der Waals surface area contributed by atoms with E-state index in [0.29, 0.717) is 5.88 Å². The highest BCUT2D eigenvalue weighted by Crippen LogP contribution is 2.25. The van der Waals surface area contributed by atoms with Crippen molar-refractivity contribution in [3.63, 3.8) is 0 Å². The Morgan fingerprint density at radius 3 is 2.61 bits per heavy atom. The van der Waals surface area contributed by atoms with Crippen LogP contribution >= 0.6 is 0 Å². The molecule has 0 fully saturated rings. The summed E-state index contributed by atoms with van der Waals surface area (Å²) in [6.07, 6.45) is 0.875. The summed E-state index contributed by atoms with van der Waals surface area (Å²) < 4.78 is 5.28. The number of carbonyl (C=O) groups excluding carboxylic acids is 1. The number of aryl methyl sites for hydroxylation is 2. The summed E-state index contributed by atoms with van der Waals surface area (Å²) in [5.41, 5.74) is 3.60. The van der Waals surface area contributed by atoms with E-state index in [2.05, 4.69) is 18.0 Å². The molecule has 3 nitrogen and oxygen atoms in total. The Morgan fingerprint density at radius 1 is 1.33 bits per heavy atom. The van der Waals surface area contributed by atoms with Crippen LogP contribution in [0, 0.1) is 6.92 Å². The second-order valence-corrected chi connectivity index (χ2v) is 4.43. The zero-order valence-electron chi connectivity index (χ0n) is 11.2. The average Bonchev–Trinajstić information content (AvgIpc) is 2.36. The van der Waals surface area contributed by atoms with E-state index in [1.165, 1.54) is 0 Å². The van der Waals surface area contributed by atoms with Gasteiger partial charge < -0.3 is 4.74 Å². The second kappa shape index (κ2) is 4.77. The van der Waals surface area contributed by atoms with E-state index in [0.717, 1.165) is 34.0 Å². The fourth-order valence-corrected chi connectivity index (χ4v) is 2.17. The molecule has 0 saturated carbocycles. The standard InChI is InChI=1S/C15H17NO2/c1-5-11-7-12-6-9(2)13(10(3)17)8-14(12)16-15(11)18-4/h6-8H,5H2,1-4H3. The predicted octanol–water partition coefficient (Wildman–Crippen LogP) is 3.32. The first-order chi connectivity index (χ1) is 8.56. The molecule has 0 aliphatic heterocycles. The molecule has 0 aliphatic carbocycles. The molecule has 0 bridgehead atoms. The molecule has 0 amide bonds. The molecule has 1 heterocycles. The zero-order chi connectivity index (χ0) is 13.3. The molecule has 0 N–H and O–H groups in total. The summed E-state index contributed by atoms with van der Waals surface area (Å²) in [5.74, 6) is 0.707. The molecule has 0 unspecified atom stereocenters. The van der Waals surface area contributed by atoms with Gasteiger partial charge in [0.1, 0.15) is 0 Å². The van der Waals surface area contributed by atoms with Crippen LogP contribution in [0.25, 0.3) is 10.9 Å². The third kappa shape index (κ3) is 2.08. The van der Waals surface area contributed by atoms with Gasteiger partial charge in [-0.2, -0.15) is 0 Å². The number of ether oxygens (including phenoxy) is 1. The maximum Gasteiger partial charge on any atom is 0.216 e. The van der Waals surface area contributed by atoms with Crippen molar-refractivity contribution >= 4 is 16.7 Å². The summed E-state index contributed by atoms with van der Waals surface area (Å²) in [4.78, 5) is 16.0. The van der Waals surface area contributed by atoms with E-state index < -0.39 is 0 Å². The van der Waals surface area contributed by atoms with Gasteiger partial charge in [-0.15, -0.1) is 0 Å². The lowest BCUT2D eigenvalue weighted by Crippen LogP contribution is -1.99. The van der Waals surface area contributed by atoms with Crippen LogP contribution in [-0.4, -0.2) is 17.9 Å². The Bertz CT molecular complexity index is 617. The molecule has 0 aliphatic rings. The summed E-state index contributed by atoms with van der Waals surface area (Å²) in [6, 6.07) is 5.94. The van der Waals surface area contributed by atoms with Crippen LogP contribution in [0.1, 0.15) is 35.3 Å². The van der Waals surface area contributed by atoms with E-state index in [-0.39, 0.29) is 5.78 Å². The molecule has 0 spiro atoms. The molecule has 2 aromatic rings.